The molecule has 0 spiro atoms. The van der Waals surface area contributed by atoms with Gasteiger partial charge >= 0.3 is 0 Å². The fourth-order valence-corrected chi connectivity index (χ4v) is 4.11. The van der Waals surface area contributed by atoms with Crippen molar-refractivity contribution in [1.82, 2.24) is 9.88 Å². The molecule has 0 aliphatic carbocycles. The molecule has 2 fully saturated rings. The van der Waals surface area contributed by atoms with Gasteiger partial charge in [0.1, 0.15) is 0 Å². The lowest BCUT2D eigenvalue weighted by molar-refractivity contribution is 0.255. The van der Waals surface area contributed by atoms with Gasteiger partial charge in [0, 0.05) is 29.9 Å². The van der Waals surface area contributed by atoms with Gasteiger partial charge in [-0.2, -0.15) is 0 Å². The summed E-state index contributed by atoms with van der Waals surface area (Å²) in [5.41, 5.74) is 5.39. The van der Waals surface area contributed by atoms with Crippen LogP contribution >= 0.6 is 0 Å². The molecular weight excluding hydrogens is 208 g/mol. The fourth-order valence-electron chi connectivity index (χ4n) is 4.11. The van der Waals surface area contributed by atoms with Crippen LogP contribution in [0.3, 0.4) is 0 Å². The molecule has 1 aromatic heterocycles. The van der Waals surface area contributed by atoms with Gasteiger partial charge in [0.15, 0.2) is 0 Å². The van der Waals surface area contributed by atoms with Crippen molar-refractivity contribution in [1.29, 1.82) is 0 Å². The van der Waals surface area contributed by atoms with Crippen LogP contribution in [-0.4, -0.2) is 29.0 Å². The molecule has 2 aliphatic heterocycles. The average Bonchev–Trinajstić information content (AvgIpc) is 2.79. The summed E-state index contributed by atoms with van der Waals surface area (Å²) in [4.78, 5) is 7.33. The molecule has 2 bridgehead atoms. The quantitative estimate of drug-likeness (QED) is 0.737. The van der Waals surface area contributed by atoms with Crippen molar-refractivity contribution in [3.8, 4) is 0 Å². The molecule has 0 saturated carbocycles. The monoisotopic (exact) mass is 230 g/mol. The van der Waals surface area contributed by atoms with E-state index in [4.69, 9.17) is 0 Å². The summed E-state index contributed by atoms with van der Waals surface area (Å²) in [6.07, 6.45) is 1.38. The molecule has 2 heteroatoms. The molecule has 17 heavy (non-hydrogen) atoms. The Morgan fingerprint density at radius 3 is 2.65 bits per heavy atom. The Bertz CT molecular complexity index is 427. The van der Waals surface area contributed by atoms with Crippen LogP contribution in [0.15, 0.2) is 6.07 Å². The normalized spacial score (nSPS) is 35.5. The molecule has 0 aromatic carbocycles. The van der Waals surface area contributed by atoms with Crippen molar-refractivity contribution >= 4 is 0 Å². The summed E-state index contributed by atoms with van der Waals surface area (Å²) in [5, 5.41) is 0. The number of rotatable bonds is 1. The summed E-state index contributed by atoms with van der Waals surface area (Å²) in [6.45, 7) is 11.5. The lowest BCUT2D eigenvalue weighted by Crippen LogP contribution is -2.32. The van der Waals surface area contributed by atoms with Gasteiger partial charge < -0.3 is 0 Å². The second-order valence-electron chi connectivity index (χ2n) is 5.89. The molecular formula is C15H22N2. The van der Waals surface area contributed by atoms with E-state index < -0.39 is 0 Å². The highest BCUT2D eigenvalue weighted by atomic mass is 15.2. The summed E-state index contributed by atoms with van der Waals surface area (Å²) in [5.74, 6) is 1.59. The molecule has 0 N–H and O–H groups in total. The van der Waals surface area contributed by atoms with Crippen LogP contribution < -0.4 is 0 Å². The van der Waals surface area contributed by atoms with Crippen molar-refractivity contribution < 1.29 is 0 Å². The summed E-state index contributed by atoms with van der Waals surface area (Å²) in [7, 11) is 0. The van der Waals surface area contributed by atoms with Gasteiger partial charge in [-0.25, -0.2) is 0 Å². The minimum Gasteiger partial charge on any atom is -0.300 e. The maximum atomic E-state index is 4.68. The van der Waals surface area contributed by atoms with E-state index in [-0.39, 0.29) is 0 Å². The second kappa shape index (κ2) is 3.81. The van der Waals surface area contributed by atoms with E-state index in [1.807, 2.05) is 0 Å². The largest absolute Gasteiger partial charge is 0.300 e. The number of fused-ring (bicyclic) bond motifs is 2. The zero-order valence-electron chi connectivity index (χ0n) is 11.3. The number of aryl methyl sites for hydroxylation is 3. The third kappa shape index (κ3) is 1.61. The zero-order chi connectivity index (χ0) is 12.2. The average molecular weight is 230 g/mol. The van der Waals surface area contributed by atoms with Gasteiger partial charge in [0.2, 0.25) is 0 Å². The van der Waals surface area contributed by atoms with E-state index >= 15 is 0 Å². The lowest BCUT2D eigenvalue weighted by atomic mass is 9.79. The van der Waals surface area contributed by atoms with Crippen LogP contribution in [-0.2, 0) is 0 Å². The molecule has 2 saturated heterocycles. The minimum absolute atomic E-state index is 0.704. The maximum Gasteiger partial charge on any atom is 0.0413 e. The Morgan fingerprint density at radius 2 is 2.06 bits per heavy atom. The van der Waals surface area contributed by atoms with E-state index in [1.54, 1.807) is 0 Å². The van der Waals surface area contributed by atoms with Crippen molar-refractivity contribution in [2.75, 3.05) is 13.1 Å². The molecule has 3 heterocycles. The smallest absolute Gasteiger partial charge is 0.0413 e. The highest BCUT2D eigenvalue weighted by Crippen LogP contribution is 2.45. The van der Waals surface area contributed by atoms with E-state index in [0.29, 0.717) is 6.04 Å². The molecule has 92 valence electrons. The van der Waals surface area contributed by atoms with Crippen LogP contribution in [0.1, 0.15) is 41.8 Å². The van der Waals surface area contributed by atoms with Crippen LogP contribution in [0.4, 0.5) is 0 Å². The Kier molecular flexibility index (Phi) is 2.51. The number of nitrogens with zero attached hydrogens (tertiary/aromatic N) is 2. The number of hydrogen-bond acceptors (Lipinski definition) is 2. The van der Waals surface area contributed by atoms with Gasteiger partial charge in [0.05, 0.1) is 0 Å². The van der Waals surface area contributed by atoms with Gasteiger partial charge in [0.25, 0.3) is 0 Å². The maximum absolute atomic E-state index is 4.68. The Morgan fingerprint density at radius 1 is 1.29 bits per heavy atom. The molecule has 0 radical (unpaired) electrons. The summed E-state index contributed by atoms with van der Waals surface area (Å²) in [6, 6.07) is 2.95. The third-order valence-corrected chi connectivity index (χ3v) is 4.78. The molecule has 3 rings (SSSR count). The van der Waals surface area contributed by atoms with Crippen molar-refractivity contribution in [2.45, 2.75) is 46.1 Å². The molecule has 3 unspecified atom stereocenters. The van der Waals surface area contributed by atoms with Crippen LogP contribution in [0.2, 0.25) is 0 Å². The topological polar surface area (TPSA) is 16.1 Å². The van der Waals surface area contributed by atoms with Gasteiger partial charge in [-0.1, -0.05) is 0 Å². The number of piperidine rings is 1. The van der Waals surface area contributed by atoms with Gasteiger partial charge in [-0.05, 0) is 63.8 Å². The minimum atomic E-state index is 0.704. The second-order valence-corrected chi connectivity index (χ2v) is 5.89. The Labute approximate surface area is 104 Å². The van der Waals surface area contributed by atoms with E-state index in [0.717, 1.165) is 17.5 Å². The van der Waals surface area contributed by atoms with Crippen LogP contribution in [0.25, 0.3) is 0 Å². The first-order chi connectivity index (χ1) is 8.08. The summed E-state index contributed by atoms with van der Waals surface area (Å²) < 4.78 is 0. The Hall–Kier alpha value is -0.890. The van der Waals surface area contributed by atoms with Crippen LogP contribution in [0, 0.1) is 26.7 Å². The number of aromatic nitrogens is 1. The standard InChI is InChI=1S/C15H22N2/c1-9-7-10(2)16-11(3)14(9)15-12(4)17-6-5-13(15)8-17/h7,12-13,15H,5-6,8H2,1-4H3/t12-,13?,15?/m1/s1. The van der Waals surface area contributed by atoms with E-state index in [9.17, 15) is 0 Å². The lowest BCUT2D eigenvalue weighted by Gasteiger charge is -2.31. The van der Waals surface area contributed by atoms with Crippen molar-refractivity contribution in [2.24, 2.45) is 5.92 Å². The first kappa shape index (κ1) is 11.2. The van der Waals surface area contributed by atoms with Crippen molar-refractivity contribution in [3.05, 3.63) is 28.6 Å². The van der Waals surface area contributed by atoms with Crippen LogP contribution in [0.5, 0.6) is 0 Å². The first-order valence-electron chi connectivity index (χ1n) is 6.76. The molecule has 1 aromatic rings. The summed E-state index contributed by atoms with van der Waals surface area (Å²) >= 11 is 0. The highest BCUT2D eigenvalue weighted by molar-refractivity contribution is 5.37. The first-order valence-corrected chi connectivity index (χ1v) is 6.76. The molecule has 2 aliphatic rings. The highest BCUT2D eigenvalue weighted by Gasteiger charge is 2.45. The zero-order valence-corrected chi connectivity index (χ0v) is 11.3. The van der Waals surface area contributed by atoms with E-state index in [1.165, 1.54) is 36.3 Å². The van der Waals surface area contributed by atoms with Crippen molar-refractivity contribution in [3.63, 3.8) is 0 Å². The van der Waals surface area contributed by atoms with Gasteiger partial charge in [-0.15, -0.1) is 0 Å². The fraction of sp³-hybridized carbons (Fsp3) is 0.667. The SMILES string of the molecule is Cc1cc(C)c(C2C3CCN(C3)[C@@H]2C)c(C)n1. The molecule has 4 atom stereocenters. The number of hydrogen-bond donors (Lipinski definition) is 0. The molecule has 0 amide bonds. The Balaban J connectivity index is 2.05. The molecule has 2 nitrogen and oxygen atoms in total. The predicted molar refractivity (Wildman–Crippen MR) is 70.3 cm³/mol. The third-order valence-electron chi connectivity index (χ3n) is 4.78. The van der Waals surface area contributed by atoms with Gasteiger partial charge in [-0.3, -0.25) is 9.88 Å². The predicted octanol–water partition coefficient (Wildman–Crippen LogP) is 2.81. The number of pyridine rings is 1. The van der Waals surface area contributed by atoms with E-state index in [2.05, 4.69) is 43.6 Å².